The molecule has 0 radical (unpaired) electrons. The standard InChI is InChI=1S/C25H34N3O11PS/c1-18(2)15-27(41(35,36)22-10-8-20(9-11-22)28(30)31)16-24(39-40(32,33)34)23(14-19-6-4-3-5-7-19)26-25(29)38-21-12-13-37-17-21/h3-11,18,21,23-24H,12-17H2,1-2H3,(H,26,29)(H2,32,33,34)/t21-,23+,24+/m0/s1. The summed E-state index contributed by atoms with van der Waals surface area (Å²) in [4.78, 5) is 42.5. The average Bonchev–Trinajstić information content (AvgIpc) is 3.40. The topological polar surface area (TPSA) is 195 Å². The van der Waals surface area contributed by atoms with Gasteiger partial charge in [0.25, 0.3) is 5.69 Å². The number of nitro groups is 1. The number of non-ortho nitro benzene ring substituents is 1. The van der Waals surface area contributed by atoms with Crippen LogP contribution < -0.4 is 5.32 Å². The van der Waals surface area contributed by atoms with E-state index in [9.17, 15) is 37.7 Å². The van der Waals surface area contributed by atoms with E-state index >= 15 is 0 Å². The lowest BCUT2D eigenvalue weighted by atomic mass is 10.0. The van der Waals surface area contributed by atoms with Crippen molar-refractivity contribution in [3.05, 3.63) is 70.3 Å². The molecule has 1 aliphatic rings. The number of hydrogen-bond acceptors (Lipinski definition) is 9. The molecule has 2 aromatic carbocycles. The molecule has 0 bridgehead atoms. The van der Waals surface area contributed by atoms with Gasteiger partial charge in [-0.1, -0.05) is 44.2 Å². The van der Waals surface area contributed by atoms with Gasteiger partial charge in [0, 0.05) is 31.6 Å². The fourth-order valence-corrected chi connectivity index (χ4v) is 6.45. The smallest absolute Gasteiger partial charge is 0.444 e. The zero-order chi connectivity index (χ0) is 30.2. The van der Waals surface area contributed by atoms with Crippen molar-refractivity contribution in [2.24, 2.45) is 5.92 Å². The lowest BCUT2D eigenvalue weighted by Crippen LogP contribution is -2.52. The second-order valence-electron chi connectivity index (χ2n) is 9.93. The maximum Gasteiger partial charge on any atom is 0.469 e. The Labute approximate surface area is 238 Å². The number of phosphoric acid groups is 1. The van der Waals surface area contributed by atoms with Gasteiger partial charge in [0.15, 0.2) is 0 Å². The average molecular weight is 616 g/mol. The van der Waals surface area contributed by atoms with Crippen molar-refractivity contribution in [2.45, 2.75) is 49.8 Å². The second kappa shape index (κ2) is 14.3. The van der Waals surface area contributed by atoms with Crippen LogP contribution in [0.1, 0.15) is 25.8 Å². The molecule has 1 heterocycles. The van der Waals surface area contributed by atoms with Gasteiger partial charge in [-0.15, -0.1) is 0 Å². The van der Waals surface area contributed by atoms with E-state index in [1.165, 1.54) is 0 Å². The summed E-state index contributed by atoms with van der Waals surface area (Å²) in [5, 5.41) is 13.6. The molecule has 2 aromatic rings. The van der Waals surface area contributed by atoms with Crippen molar-refractivity contribution in [2.75, 3.05) is 26.3 Å². The van der Waals surface area contributed by atoms with Crippen LogP contribution in [0.15, 0.2) is 59.5 Å². The van der Waals surface area contributed by atoms with E-state index in [1.54, 1.807) is 44.2 Å². The molecular formula is C25H34N3O11PS. The molecule has 14 nitrogen and oxygen atoms in total. The maximum absolute atomic E-state index is 13.7. The molecule has 3 rings (SSSR count). The highest BCUT2D eigenvalue weighted by Gasteiger charge is 2.37. The molecule has 0 unspecified atom stereocenters. The lowest BCUT2D eigenvalue weighted by Gasteiger charge is -2.33. The van der Waals surface area contributed by atoms with E-state index in [2.05, 4.69) is 5.32 Å². The van der Waals surface area contributed by atoms with Crippen LogP contribution >= 0.6 is 7.82 Å². The third-order valence-corrected chi connectivity index (χ3v) is 8.51. The minimum absolute atomic E-state index is 0.0227. The highest BCUT2D eigenvalue weighted by atomic mass is 32.2. The molecule has 3 N–H and O–H groups in total. The van der Waals surface area contributed by atoms with E-state index < -0.39 is 53.7 Å². The van der Waals surface area contributed by atoms with Crippen molar-refractivity contribution in [1.82, 2.24) is 9.62 Å². The normalized spacial score (nSPS) is 17.4. The number of nitrogens with one attached hydrogen (secondary N) is 1. The quantitative estimate of drug-likeness (QED) is 0.161. The predicted octanol–water partition coefficient (Wildman–Crippen LogP) is 2.85. The first-order valence-electron chi connectivity index (χ1n) is 12.8. The number of alkyl carbamates (subject to hydrolysis) is 1. The zero-order valence-corrected chi connectivity index (χ0v) is 24.3. The summed E-state index contributed by atoms with van der Waals surface area (Å²) in [5.74, 6) is -0.230. The van der Waals surface area contributed by atoms with Crippen LogP contribution in [0.3, 0.4) is 0 Å². The predicted molar refractivity (Wildman–Crippen MR) is 146 cm³/mol. The molecule has 16 heteroatoms. The Morgan fingerprint density at radius 2 is 1.83 bits per heavy atom. The van der Waals surface area contributed by atoms with Gasteiger partial charge < -0.3 is 24.6 Å². The first-order valence-corrected chi connectivity index (χ1v) is 15.8. The van der Waals surface area contributed by atoms with Gasteiger partial charge in [-0.3, -0.25) is 14.6 Å². The molecule has 1 aliphatic heterocycles. The fourth-order valence-electron chi connectivity index (χ4n) is 4.26. The molecule has 0 aromatic heterocycles. The van der Waals surface area contributed by atoms with Crippen LogP contribution in [0.25, 0.3) is 0 Å². The van der Waals surface area contributed by atoms with Crippen molar-refractivity contribution >= 4 is 29.6 Å². The Morgan fingerprint density at radius 3 is 2.37 bits per heavy atom. The highest BCUT2D eigenvalue weighted by Crippen LogP contribution is 2.39. The number of nitro benzene ring substituents is 1. The molecule has 1 fully saturated rings. The summed E-state index contributed by atoms with van der Waals surface area (Å²) >= 11 is 0. The monoisotopic (exact) mass is 615 g/mol. The van der Waals surface area contributed by atoms with Crippen molar-refractivity contribution in [1.29, 1.82) is 0 Å². The van der Waals surface area contributed by atoms with E-state index in [-0.39, 0.29) is 36.1 Å². The van der Waals surface area contributed by atoms with E-state index in [0.29, 0.717) is 18.6 Å². The number of phosphoric ester groups is 1. The zero-order valence-electron chi connectivity index (χ0n) is 22.6. The number of nitrogens with zero attached hydrogens (tertiary/aromatic N) is 2. The molecular weight excluding hydrogens is 581 g/mol. The number of hydrogen-bond donors (Lipinski definition) is 3. The van der Waals surface area contributed by atoms with Gasteiger partial charge in [0.1, 0.15) is 12.2 Å². The summed E-state index contributed by atoms with van der Waals surface area (Å²) in [7, 11) is -9.52. The number of benzene rings is 2. The number of carbonyl (C=O) groups is 1. The van der Waals surface area contributed by atoms with Gasteiger partial charge >= 0.3 is 13.9 Å². The summed E-state index contributed by atoms with van der Waals surface area (Å²) in [5.41, 5.74) is 0.371. The molecule has 1 saturated heterocycles. The number of amides is 1. The van der Waals surface area contributed by atoms with Crippen LogP contribution in [-0.2, 0) is 35.0 Å². The number of carbonyl (C=O) groups excluding carboxylic acids is 1. The molecule has 0 spiro atoms. The highest BCUT2D eigenvalue weighted by molar-refractivity contribution is 7.89. The minimum Gasteiger partial charge on any atom is -0.444 e. The molecule has 0 saturated carbocycles. The van der Waals surface area contributed by atoms with Crippen LogP contribution in [0, 0.1) is 16.0 Å². The fraction of sp³-hybridized carbons (Fsp3) is 0.480. The Hall–Kier alpha value is -2.91. The summed E-state index contributed by atoms with van der Waals surface area (Å²) in [6, 6.07) is 11.8. The number of ether oxygens (including phenoxy) is 2. The van der Waals surface area contributed by atoms with Crippen molar-refractivity contribution in [3.8, 4) is 0 Å². The number of sulfonamides is 1. The van der Waals surface area contributed by atoms with E-state index in [1.807, 2.05) is 0 Å². The number of rotatable bonds is 14. The van der Waals surface area contributed by atoms with Crippen LogP contribution in [0.2, 0.25) is 0 Å². The molecule has 0 aliphatic carbocycles. The minimum atomic E-state index is -5.19. The van der Waals surface area contributed by atoms with Crippen molar-refractivity contribution in [3.63, 3.8) is 0 Å². The van der Waals surface area contributed by atoms with Crippen LogP contribution in [0.4, 0.5) is 10.5 Å². The lowest BCUT2D eigenvalue weighted by molar-refractivity contribution is -0.384. The summed E-state index contributed by atoms with van der Waals surface area (Å²) in [6.07, 6.45) is -2.41. The second-order valence-corrected chi connectivity index (χ2v) is 13.1. The molecule has 3 atom stereocenters. The van der Waals surface area contributed by atoms with Crippen LogP contribution in [-0.4, -0.2) is 78.1 Å². The molecule has 226 valence electrons. The van der Waals surface area contributed by atoms with Gasteiger partial charge in [-0.2, -0.15) is 4.31 Å². The molecule has 41 heavy (non-hydrogen) atoms. The third-order valence-electron chi connectivity index (χ3n) is 6.12. The van der Waals surface area contributed by atoms with Gasteiger partial charge in [-0.25, -0.2) is 17.8 Å². The maximum atomic E-state index is 13.7. The van der Waals surface area contributed by atoms with Crippen LogP contribution in [0.5, 0.6) is 0 Å². The first kappa shape index (κ1) is 32.6. The van der Waals surface area contributed by atoms with Gasteiger partial charge in [0.05, 0.1) is 29.1 Å². The first-order chi connectivity index (χ1) is 19.2. The largest absolute Gasteiger partial charge is 0.469 e. The summed E-state index contributed by atoms with van der Waals surface area (Å²) < 4.78 is 56.1. The Balaban J connectivity index is 1.97. The Bertz CT molecular complexity index is 1310. The molecule has 1 amide bonds. The van der Waals surface area contributed by atoms with Gasteiger partial charge in [-0.05, 0) is 30.0 Å². The Morgan fingerprint density at radius 1 is 1.17 bits per heavy atom. The Kier molecular flexibility index (Phi) is 11.4. The van der Waals surface area contributed by atoms with Gasteiger partial charge in [0.2, 0.25) is 10.0 Å². The van der Waals surface area contributed by atoms with E-state index in [4.69, 9.17) is 14.0 Å². The summed E-state index contributed by atoms with van der Waals surface area (Å²) in [6.45, 7) is 3.47. The SMILES string of the molecule is CC(C)CN(C[C@@H](OP(=O)(O)O)[C@@H](Cc1ccccc1)NC(=O)O[C@H]1CCOC1)S(=O)(=O)c1ccc([N+](=O)[O-])cc1. The third kappa shape index (κ3) is 10.1. The van der Waals surface area contributed by atoms with E-state index in [0.717, 1.165) is 28.6 Å². The van der Waals surface area contributed by atoms with Crippen molar-refractivity contribution < 1.29 is 46.5 Å².